The van der Waals surface area contributed by atoms with E-state index in [1.165, 1.54) is 32.2 Å². The van der Waals surface area contributed by atoms with Gasteiger partial charge in [-0.1, -0.05) is 25.3 Å². The number of ether oxygens (including phenoxy) is 2. The van der Waals surface area contributed by atoms with E-state index in [-0.39, 0.29) is 18.0 Å². The van der Waals surface area contributed by atoms with E-state index >= 15 is 0 Å². The summed E-state index contributed by atoms with van der Waals surface area (Å²) in [6.45, 7) is 2.90. The van der Waals surface area contributed by atoms with Crippen molar-refractivity contribution in [3.8, 4) is 5.75 Å². The Morgan fingerprint density at radius 2 is 1.78 bits per heavy atom. The van der Waals surface area contributed by atoms with Gasteiger partial charge in [0.05, 0.1) is 18.1 Å². The van der Waals surface area contributed by atoms with Crippen LogP contribution in [0.5, 0.6) is 5.75 Å². The van der Waals surface area contributed by atoms with Gasteiger partial charge in [0.15, 0.2) is 5.69 Å². The van der Waals surface area contributed by atoms with Gasteiger partial charge in [-0.3, -0.25) is 19.4 Å². The summed E-state index contributed by atoms with van der Waals surface area (Å²) in [5.41, 5.74) is 0.364. The zero-order valence-corrected chi connectivity index (χ0v) is 23.1. The van der Waals surface area contributed by atoms with Crippen LogP contribution in [0.25, 0.3) is 0 Å². The Hall–Kier alpha value is -4.06. The molecule has 1 aliphatic heterocycles. The summed E-state index contributed by atoms with van der Waals surface area (Å²) in [4.78, 5) is 61.2. The number of rotatable bonds is 5. The number of aliphatic hydroxyl groups excluding tert-OH is 1. The van der Waals surface area contributed by atoms with Gasteiger partial charge in [-0.25, -0.2) is 9.78 Å². The van der Waals surface area contributed by atoms with Gasteiger partial charge in [-0.05, 0) is 56.9 Å². The number of cyclic esters (lactones) is 2. The predicted molar refractivity (Wildman–Crippen MR) is 144 cm³/mol. The molecule has 6 atom stereocenters. The molecule has 1 aliphatic carbocycles. The van der Waals surface area contributed by atoms with E-state index in [0.717, 1.165) is 19.3 Å². The van der Waals surface area contributed by atoms with Crippen LogP contribution in [0.1, 0.15) is 62.0 Å². The molecular formula is C29H36N4O8. The van der Waals surface area contributed by atoms with Crippen molar-refractivity contribution in [2.75, 3.05) is 0 Å². The molecule has 2 amide bonds. The smallest absolute Gasteiger partial charge is 0.348 e. The number of hydrogen-bond acceptors (Lipinski definition) is 10. The minimum absolute atomic E-state index is 0.111. The molecule has 4 rings (SSSR count). The summed E-state index contributed by atoms with van der Waals surface area (Å²) < 4.78 is 11.4. The first-order valence-corrected chi connectivity index (χ1v) is 13.9. The molecule has 0 unspecified atom stereocenters. The number of nitrogens with zero attached hydrogens (tertiary/aromatic N) is 2. The molecule has 2 aromatic heterocycles. The fourth-order valence-corrected chi connectivity index (χ4v) is 5.29. The zero-order chi connectivity index (χ0) is 29.5. The van der Waals surface area contributed by atoms with Crippen LogP contribution >= 0.6 is 0 Å². The van der Waals surface area contributed by atoms with Crippen molar-refractivity contribution in [1.29, 1.82) is 0 Å². The number of aromatic hydroxyl groups is 1. The van der Waals surface area contributed by atoms with Gasteiger partial charge in [0, 0.05) is 24.5 Å². The van der Waals surface area contributed by atoms with Gasteiger partial charge in [0.1, 0.15) is 17.9 Å². The molecule has 0 bridgehead atoms. The largest absolute Gasteiger partial charge is 0.505 e. The zero-order valence-electron chi connectivity index (χ0n) is 23.1. The minimum Gasteiger partial charge on any atom is -0.505 e. The molecule has 1 saturated carbocycles. The number of hydrogen-bond donors (Lipinski definition) is 4. The van der Waals surface area contributed by atoms with Crippen LogP contribution in [0.4, 0.5) is 0 Å². The highest BCUT2D eigenvalue weighted by Gasteiger charge is 2.42. The monoisotopic (exact) mass is 568 g/mol. The summed E-state index contributed by atoms with van der Waals surface area (Å²) in [6, 6.07) is 3.75. The molecule has 41 heavy (non-hydrogen) atoms. The highest BCUT2D eigenvalue weighted by atomic mass is 16.6. The third-order valence-electron chi connectivity index (χ3n) is 7.70. The maximum atomic E-state index is 13.7. The minimum atomic E-state index is -1.44. The van der Waals surface area contributed by atoms with Gasteiger partial charge < -0.3 is 30.3 Å². The molecule has 2 aromatic rings. The second kappa shape index (κ2) is 13.5. The van der Waals surface area contributed by atoms with Gasteiger partial charge in [0.2, 0.25) is 12.0 Å². The van der Waals surface area contributed by atoms with Crippen molar-refractivity contribution in [3.05, 3.63) is 54.1 Å². The molecule has 0 spiro atoms. The normalized spacial score (nSPS) is 28.3. The lowest BCUT2D eigenvalue weighted by Crippen LogP contribution is -2.59. The van der Waals surface area contributed by atoms with Crippen LogP contribution in [-0.2, 0) is 30.3 Å². The maximum Gasteiger partial charge on any atom is 0.348 e. The van der Waals surface area contributed by atoms with E-state index in [9.17, 15) is 29.4 Å². The van der Waals surface area contributed by atoms with Gasteiger partial charge in [-0.2, -0.15) is 0 Å². The highest BCUT2D eigenvalue weighted by molar-refractivity contribution is 5.98. The number of carbonyl (C=O) groups excluding carboxylic acids is 4. The average molecular weight is 569 g/mol. The number of amides is 2. The first kappa shape index (κ1) is 29.9. The summed E-state index contributed by atoms with van der Waals surface area (Å²) in [7, 11) is 0. The molecule has 3 heterocycles. The molecule has 2 fully saturated rings. The number of carbonyl (C=O) groups is 4. The van der Waals surface area contributed by atoms with Crippen LogP contribution in [0, 0.1) is 11.8 Å². The Morgan fingerprint density at radius 3 is 2.46 bits per heavy atom. The van der Waals surface area contributed by atoms with Crippen LogP contribution in [0.3, 0.4) is 0 Å². The van der Waals surface area contributed by atoms with E-state index in [1.807, 2.05) is 0 Å². The molecular weight excluding hydrogens is 532 g/mol. The van der Waals surface area contributed by atoms with Crippen molar-refractivity contribution in [1.82, 2.24) is 20.6 Å². The summed E-state index contributed by atoms with van der Waals surface area (Å²) in [6.07, 6.45) is 4.77. The van der Waals surface area contributed by atoms with Gasteiger partial charge in [-0.15, -0.1) is 0 Å². The third kappa shape index (κ3) is 7.37. The third-order valence-corrected chi connectivity index (χ3v) is 7.70. The first-order chi connectivity index (χ1) is 19.7. The van der Waals surface area contributed by atoms with E-state index in [1.54, 1.807) is 24.5 Å². The van der Waals surface area contributed by atoms with Gasteiger partial charge >= 0.3 is 11.9 Å². The average Bonchev–Trinajstić information content (AvgIpc) is 2.97. The quantitative estimate of drug-likeness (QED) is 0.386. The molecule has 0 aromatic carbocycles. The summed E-state index contributed by atoms with van der Waals surface area (Å²) in [5.74, 6) is -5.03. The molecule has 4 N–H and O–H groups in total. The summed E-state index contributed by atoms with van der Waals surface area (Å²) in [5, 5.41) is 26.6. The lowest BCUT2D eigenvalue weighted by molar-refractivity contribution is -0.182. The number of esters is 2. The van der Waals surface area contributed by atoms with Crippen LogP contribution in [0.2, 0.25) is 0 Å². The Kier molecular flexibility index (Phi) is 9.87. The SMILES string of the molecule is C[C@H]1OC(=O)[C@@H](C2CCCCC2)OC(=O)[C@H](C)[C@H](O)[C@H](Cc2cccnc2)NC(=O)[C@H]1NC(=O)c1ncccc1O. The van der Waals surface area contributed by atoms with Crippen molar-refractivity contribution in [2.24, 2.45) is 11.8 Å². The Labute approximate surface area is 237 Å². The number of nitrogens with one attached hydrogen (secondary N) is 2. The lowest BCUT2D eigenvalue weighted by Gasteiger charge is -2.35. The van der Waals surface area contributed by atoms with Crippen molar-refractivity contribution >= 4 is 23.8 Å². The van der Waals surface area contributed by atoms with E-state index in [0.29, 0.717) is 18.4 Å². The fraction of sp³-hybridized carbons (Fsp3) is 0.517. The lowest BCUT2D eigenvalue weighted by atomic mass is 9.85. The molecule has 2 aliphatic rings. The summed E-state index contributed by atoms with van der Waals surface area (Å²) >= 11 is 0. The van der Waals surface area contributed by atoms with Gasteiger partial charge in [0.25, 0.3) is 5.91 Å². The van der Waals surface area contributed by atoms with Crippen LogP contribution in [-0.4, -0.2) is 74.3 Å². The number of aliphatic hydroxyl groups is 1. The second-order valence-corrected chi connectivity index (χ2v) is 10.7. The van der Waals surface area contributed by atoms with Crippen LogP contribution in [0.15, 0.2) is 42.9 Å². The molecule has 220 valence electrons. The van der Waals surface area contributed by atoms with E-state index < -0.39 is 65.8 Å². The highest BCUT2D eigenvalue weighted by Crippen LogP contribution is 2.30. The Balaban J connectivity index is 1.68. The van der Waals surface area contributed by atoms with E-state index in [4.69, 9.17) is 9.47 Å². The Bertz CT molecular complexity index is 1240. The number of aromatic nitrogens is 2. The van der Waals surface area contributed by atoms with E-state index in [2.05, 4.69) is 20.6 Å². The molecule has 12 nitrogen and oxygen atoms in total. The van der Waals surface area contributed by atoms with Crippen molar-refractivity contribution in [3.63, 3.8) is 0 Å². The molecule has 12 heteroatoms. The topological polar surface area (TPSA) is 177 Å². The Morgan fingerprint density at radius 1 is 1.05 bits per heavy atom. The standard InChI is InChI=1S/C29H36N4O8/c1-16-24(35)20(14-18-8-6-12-30-15-18)32-26(36)22(33-27(37)23-21(34)11-7-13-31-23)17(2)40-29(39)25(41-28(16)38)19-9-4-3-5-10-19/h6-8,11-13,15-17,19-20,22,24-25,34-35H,3-5,9-10,14H2,1-2H3,(H,32,36)(H,33,37)/t16-,17-,20+,22+,24+,25-/m1/s1. The first-order valence-electron chi connectivity index (χ1n) is 13.9. The maximum absolute atomic E-state index is 13.7. The van der Waals surface area contributed by atoms with Crippen LogP contribution < -0.4 is 10.6 Å². The van der Waals surface area contributed by atoms with Crippen molar-refractivity contribution in [2.45, 2.75) is 82.8 Å². The fourth-order valence-electron chi connectivity index (χ4n) is 5.29. The molecule has 0 radical (unpaired) electrons. The number of pyridine rings is 2. The van der Waals surface area contributed by atoms with Crippen molar-refractivity contribution < 1.29 is 38.9 Å². The second-order valence-electron chi connectivity index (χ2n) is 10.7. The predicted octanol–water partition coefficient (Wildman–Crippen LogP) is 1.44. The molecule has 1 saturated heterocycles.